The number of nitrogens with zero attached hydrogens (tertiary/aromatic N) is 1. The van der Waals surface area contributed by atoms with Gasteiger partial charge < -0.3 is 25.2 Å². The summed E-state index contributed by atoms with van der Waals surface area (Å²) in [6, 6.07) is 8.78. The van der Waals surface area contributed by atoms with E-state index in [1.54, 1.807) is 14.2 Å². The third-order valence-electron chi connectivity index (χ3n) is 8.93. The number of hydrogen-bond donors (Lipinski definition) is 3. The summed E-state index contributed by atoms with van der Waals surface area (Å²) in [4.78, 5) is 24.2. The van der Waals surface area contributed by atoms with Crippen molar-refractivity contribution in [2.24, 2.45) is 0 Å². The van der Waals surface area contributed by atoms with Crippen LogP contribution in [-0.2, 0) is 16.4 Å². The van der Waals surface area contributed by atoms with Gasteiger partial charge in [0, 0.05) is 23.5 Å². The van der Waals surface area contributed by atoms with Gasteiger partial charge in [0.25, 0.3) is 0 Å². The van der Waals surface area contributed by atoms with Crippen LogP contribution in [0.25, 0.3) is 0 Å². The SMILES string of the molecule is COc1ccc(C23CCC(NC(=O)Nc4cccc(C(F)(F)F)c4F)CC2N(C2CCC2)CC3)cc1OC.O=C(O)C(F)(F)F. The predicted octanol–water partition coefficient (Wildman–Crippen LogP) is 6.73. The molecule has 3 N–H and O–H groups in total. The van der Waals surface area contributed by atoms with Gasteiger partial charge in [0.1, 0.15) is 0 Å². The number of aliphatic carboxylic acids is 1. The van der Waals surface area contributed by atoms with Crippen molar-refractivity contribution in [2.75, 3.05) is 26.1 Å². The molecule has 1 aliphatic heterocycles. The molecule has 1 saturated heterocycles. The van der Waals surface area contributed by atoms with Gasteiger partial charge in [0.15, 0.2) is 17.3 Å². The number of benzene rings is 2. The Kier molecular flexibility index (Phi) is 10.1. The van der Waals surface area contributed by atoms with Crippen LogP contribution in [0.2, 0.25) is 0 Å². The van der Waals surface area contributed by atoms with E-state index in [1.807, 2.05) is 6.07 Å². The minimum atomic E-state index is -5.08. The molecule has 3 fully saturated rings. The van der Waals surface area contributed by atoms with Crippen molar-refractivity contribution in [3.63, 3.8) is 0 Å². The molecule has 5 rings (SSSR count). The summed E-state index contributed by atoms with van der Waals surface area (Å²) >= 11 is 0. The molecule has 1 heterocycles. The molecule has 3 aliphatic rings. The van der Waals surface area contributed by atoms with Gasteiger partial charge in [-0.1, -0.05) is 18.6 Å². The van der Waals surface area contributed by atoms with Gasteiger partial charge in [0.2, 0.25) is 0 Å². The number of ether oxygens (including phenoxy) is 2. The smallest absolute Gasteiger partial charge is 0.490 e. The van der Waals surface area contributed by atoms with Crippen molar-refractivity contribution in [3.8, 4) is 11.5 Å². The first kappa shape index (κ1) is 34.1. The lowest BCUT2D eigenvalue weighted by Gasteiger charge is -2.48. The highest BCUT2D eigenvalue weighted by molar-refractivity contribution is 5.89. The summed E-state index contributed by atoms with van der Waals surface area (Å²) in [5.74, 6) is -2.89. The van der Waals surface area contributed by atoms with Crippen molar-refractivity contribution in [1.29, 1.82) is 0 Å². The Morgan fingerprint density at radius 1 is 0.978 bits per heavy atom. The molecular formula is C30H34F7N3O5. The van der Waals surface area contributed by atoms with E-state index >= 15 is 0 Å². The minimum absolute atomic E-state index is 0.100. The zero-order valence-corrected chi connectivity index (χ0v) is 24.5. The van der Waals surface area contributed by atoms with E-state index < -0.39 is 41.4 Å². The van der Waals surface area contributed by atoms with Gasteiger partial charge in [-0.05, 0) is 74.9 Å². The van der Waals surface area contributed by atoms with E-state index in [2.05, 4.69) is 27.7 Å². The van der Waals surface area contributed by atoms with Gasteiger partial charge in [-0.3, -0.25) is 4.90 Å². The van der Waals surface area contributed by atoms with E-state index in [0.717, 1.165) is 44.4 Å². The average Bonchev–Trinajstić information content (AvgIpc) is 3.31. The number of carboxylic acids is 1. The number of likely N-dealkylation sites (tertiary alicyclic amines) is 1. The number of anilines is 1. The van der Waals surface area contributed by atoms with Crippen molar-refractivity contribution in [3.05, 3.63) is 53.3 Å². The Morgan fingerprint density at radius 2 is 1.64 bits per heavy atom. The molecule has 3 atom stereocenters. The van der Waals surface area contributed by atoms with Crippen molar-refractivity contribution >= 4 is 17.7 Å². The molecule has 2 aromatic carbocycles. The predicted molar refractivity (Wildman–Crippen MR) is 149 cm³/mol. The van der Waals surface area contributed by atoms with E-state index in [1.165, 1.54) is 12.0 Å². The molecule has 2 aliphatic carbocycles. The second-order valence-corrected chi connectivity index (χ2v) is 11.4. The lowest BCUT2D eigenvalue weighted by molar-refractivity contribution is -0.192. The van der Waals surface area contributed by atoms with Crippen LogP contribution in [0.1, 0.15) is 56.1 Å². The maximum atomic E-state index is 14.4. The lowest BCUT2D eigenvalue weighted by Crippen LogP contribution is -2.55. The highest BCUT2D eigenvalue weighted by Crippen LogP contribution is 2.52. The molecule has 45 heavy (non-hydrogen) atoms. The molecule has 248 valence electrons. The van der Waals surface area contributed by atoms with E-state index in [9.17, 15) is 35.5 Å². The number of alkyl halides is 6. The van der Waals surface area contributed by atoms with Crippen LogP contribution in [0.15, 0.2) is 36.4 Å². The summed E-state index contributed by atoms with van der Waals surface area (Å²) in [5, 5.41) is 12.3. The van der Waals surface area contributed by atoms with Gasteiger partial charge in [-0.2, -0.15) is 26.3 Å². The normalized spacial score (nSPS) is 23.6. The summed E-state index contributed by atoms with van der Waals surface area (Å²) in [5.41, 5.74) is -0.813. The number of halogens is 7. The number of carbonyl (C=O) groups is 2. The van der Waals surface area contributed by atoms with Crippen LogP contribution in [0.5, 0.6) is 11.5 Å². The van der Waals surface area contributed by atoms with Crippen LogP contribution in [0.4, 0.5) is 41.2 Å². The van der Waals surface area contributed by atoms with Crippen molar-refractivity contribution in [2.45, 2.75) is 80.8 Å². The van der Waals surface area contributed by atoms with Crippen LogP contribution >= 0.6 is 0 Å². The van der Waals surface area contributed by atoms with Gasteiger partial charge in [-0.15, -0.1) is 0 Å². The third-order valence-corrected chi connectivity index (χ3v) is 8.93. The Hall–Kier alpha value is -3.75. The number of rotatable bonds is 6. The number of carbonyl (C=O) groups excluding carboxylic acids is 1. The summed E-state index contributed by atoms with van der Waals surface area (Å²) in [6.45, 7) is 0.970. The van der Waals surface area contributed by atoms with Gasteiger partial charge >= 0.3 is 24.4 Å². The number of carboxylic acid groups (broad SMARTS) is 1. The quantitative estimate of drug-likeness (QED) is 0.300. The molecule has 3 unspecified atom stereocenters. The Labute approximate surface area is 254 Å². The fourth-order valence-electron chi connectivity index (χ4n) is 6.54. The third kappa shape index (κ3) is 7.39. The topological polar surface area (TPSA) is 100 Å². The largest absolute Gasteiger partial charge is 0.493 e. The molecule has 2 saturated carbocycles. The molecule has 8 nitrogen and oxygen atoms in total. The molecule has 15 heteroatoms. The zero-order chi connectivity index (χ0) is 33.2. The summed E-state index contributed by atoms with van der Waals surface area (Å²) < 4.78 is 96.4. The van der Waals surface area contributed by atoms with Crippen LogP contribution in [0, 0.1) is 5.82 Å². The molecule has 2 amide bonds. The number of urea groups is 1. The maximum Gasteiger partial charge on any atom is 0.490 e. The second-order valence-electron chi connectivity index (χ2n) is 11.4. The lowest BCUT2D eigenvalue weighted by atomic mass is 9.64. The Morgan fingerprint density at radius 3 is 2.20 bits per heavy atom. The first-order chi connectivity index (χ1) is 21.1. The monoisotopic (exact) mass is 649 g/mol. The zero-order valence-electron chi connectivity index (χ0n) is 24.5. The summed E-state index contributed by atoms with van der Waals surface area (Å²) in [7, 11) is 3.23. The Bertz CT molecular complexity index is 1380. The number of methoxy groups -OCH3 is 2. The molecule has 0 spiro atoms. The highest BCUT2D eigenvalue weighted by Gasteiger charge is 2.53. The van der Waals surface area contributed by atoms with Gasteiger partial charge in [0.05, 0.1) is 25.5 Å². The Balaban J connectivity index is 0.000000591. The number of nitrogens with one attached hydrogen (secondary N) is 2. The maximum absolute atomic E-state index is 14.4. The molecule has 0 aromatic heterocycles. The number of amides is 2. The first-order valence-corrected chi connectivity index (χ1v) is 14.3. The summed E-state index contributed by atoms with van der Waals surface area (Å²) in [6.07, 6.45) is -3.17. The van der Waals surface area contributed by atoms with Crippen molar-refractivity contribution in [1.82, 2.24) is 10.2 Å². The number of fused-ring (bicyclic) bond motifs is 1. The minimum Gasteiger partial charge on any atom is -0.493 e. The molecule has 2 aromatic rings. The van der Waals surface area contributed by atoms with Crippen LogP contribution in [-0.4, -0.2) is 67.1 Å². The van der Waals surface area contributed by atoms with Crippen LogP contribution < -0.4 is 20.1 Å². The fraction of sp³-hybridized carbons (Fsp3) is 0.533. The first-order valence-electron chi connectivity index (χ1n) is 14.3. The van der Waals surface area contributed by atoms with E-state index in [-0.39, 0.29) is 17.5 Å². The van der Waals surface area contributed by atoms with Gasteiger partial charge in [-0.25, -0.2) is 14.0 Å². The molecule has 0 bridgehead atoms. The molecular weight excluding hydrogens is 615 g/mol. The fourth-order valence-corrected chi connectivity index (χ4v) is 6.54. The second kappa shape index (κ2) is 13.3. The average molecular weight is 650 g/mol. The molecule has 0 radical (unpaired) electrons. The number of hydrogen-bond acceptors (Lipinski definition) is 5. The standard InChI is InChI=1S/C28H33F4N3O3.C2HF3O2/c1-37-22-10-9-17(15-23(22)38-2)27-12-11-18(16-24(27)35(14-13-27)19-5-3-6-19)33-26(36)34-21-8-4-7-20(25(21)29)28(30,31)32;3-2(4,5)1(6)7/h4,7-10,15,18-19,24H,3,5-6,11-14,16H2,1-2H3,(H2,33,34,36);(H,6,7). The van der Waals surface area contributed by atoms with E-state index in [4.69, 9.17) is 19.4 Å². The van der Waals surface area contributed by atoms with Crippen molar-refractivity contribution < 1.29 is 54.9 Å². The van der Waals surface area contributed by atoms with E-state index in [0.29, 0.717) is 36.4 Å². The highest BCUT2D eigenvalue weighted by atomic mass is 19.4. The van der Waals surface area contributed by atoms with Crippen LogP contribution in [0.3, 0.4) is 0 Å².